The highest BCUT2D eigenvalue weighted by atomic mass is 16.3. The summed E-state index contributed by atoms with van der Waals surface area (Å²) in [5, 5.41) is 9.55. The third kappa shape index (κ3) is 2.03. The lowest BCUT2D eigenvalue weighted by atomic mass is 10.2. The quantitative estimate of drug-likeness (QED) is 0.780. The van der Waals surface area contributed by atoms with Crippen molar-refractivity contribution < 1.29 is 5.11 Å². The maximum Gasteiger partial charge on any atom is 0.160 e. The van der Waals surface area contributed by atoms with Crippen molar-refractivity contribution in [1.29, 1.82) is 0 Å². The van der Waals surface area contributed by atoms with Crippen LogP contribution in [0.25, 0.3) is 22.6 Å². The fourth-order valence-corrected chi connectivity index (χ4v) is 2.16. The lowest BCUT2D eigenvalue weighted by molar-refractivity contribution is 0.473. The van der Waals surface area contributed by atoms with Crippen LogP contribution in [0.5, 0.6) is 5.75 Å². The van der Waals surface area contributed by atoms with Crippen LogP contribution in [0.4, 0.5) is 0 Å². The summed E-state index contributed by atoms with van der Waals surface area (Å²) in [5.41, 5.74) is 2.52. The van der Waals surface area contributed by atoms with Crippen LogP contribution in [0.3, 0.4) is 0 Å². The topological polar surface area (TPSA) is 63.8 Å². The Bertz CT molecular complexity index is 720. The van der Waals surface area contributed by atoms with Gasteiger partial charge in [0.2, 0.25) is 0 Å². The second kappa shape index (κ2) is 4.68. The summed E-state index contributed by atoms with van der Waals surface area (Å²) in [6, 6.07) is 5.48. The fraction of sp³-hybridized carbons (Fsp3) is 0.214. The first-order valence-corrected chi connectivity index (χ1v) is 6.25. The maximum atomic E-state index is 9.55. The van der Waals surface area contributed by atoms with E-state index in [0.29, 0.717) is 0 Å². The molecule has 1 N–H and O–H groups in total. The predicted octanol–water partition coefficient (Wildman–Crippen LogP) is 2.61. The molecule has 0 aliphatic heterocycles. The highest BCUT2D eigenvalue weighted by molar-refractivity contribution is 5.77. The molecule has 19 heavy (non-hydrogen) atoms. The van der Waals surface area contributed by atoms with Gasteiger partial charge >= 0.3 is 0 Å². The molecule has 0 aliphatic rings. The molecule has 96 valence electrons. The normalized spacial score (nSPS) is 11.0. The standard InChI is InChI=1S/C14H14N4O/c1-2-6-18-13(10-7-11(19)9-15-8-10)17-12-4-3-5-16-14(12)18/h3-5,7-9,19H,2,6H2,1H3. The number of hydrogen-bond donors (Lipinski definition) is 1. The summed E-state index contributed by atoms with van der Waals surface area (Å²) in [7, 11) is 0. The summed E-state index contributed by atoms with van der Waals surface area (Å²) >= 11 is 0. The molecule has 0 unspecified atom stereocenters. The molecule has 0 aromatic carbocycles. The summed E-state index contributed by atoms with van der Waals surface area (Å²) in [6.07, 6.45) is 5.86. The van der Waals surface area contributed by atoms with Gasteiger partial charge in [-0.05, 0) is 24.6 Å². The van der Waals surface area contributed by atoms with Gasteiger partial charge in [-0.1, -0.05) is 6.92 Å². The number of imidazole rings is 1. The van der Waals surface area contributed by atoms with Crippen LogP contribution in [-0.4, -0.2) is 24.6 Å². The van der Waals surface area contributed by atoms with Crippen molar-refractivity contribution in [2.24, 2.45) is 0 Å². The molecule has 0 fully saturated rings. The minimum atomic E-state index is 0.139. The van der Waals surface area contributed by atoms with E-state index in [4.69, 9.17) is 0 Å². The van der Waals surface area contributed by atoms with E-state index in [9.17, 15) is 5.11 Å². The molecule has 0 saturated heterocycles. The van der Waals surface area contributed by atoms with Crippen LogP contribution in [-0.2, 0) is 6.54 Å². The summed E-state index contributed by atoms with van der Waals surface area (Å²) in [6.45, 7) is 2.94. The number of aromatic nitrogens is 4. The molecule has 3 aromatic heterocycles. The molecule has 3 rings (SSSR count). The zero-order valence-corrected chi connectivity index (χ0v) is 10.6. The van der Waals surface area contributed by atoms with E-state index < -0.39 is 0 Å². The van der Waals surface area contributed by atoms with Crippen molar-refractivity contribution in [3.63, 3.8) is 0 Å². The third-order valence-corrected chi connectivity index (χ3v) is 2.93. The van der Waals surface area contributed by atoms with Crippen LogP contribution in [0.15, 0.2) is 36.8 Å². The molecule has 3 aromatic rings. The number of aromatic hydroxyl groups is 1. The molecule has 0 spiro atoms. The van der Waals surface area contributed by atoms with Gasteiger partial charge in [-0.25, -0.2) is 9.97 Å². The van der Waals surface area contributed by atoms with Crippen molar-refractivity contribution in [3.05, 3.63) is 36.8 Å². The molecule has 0 atom stereocenters. The van der Waals surface area contributed by atoms with Crippen molar-refractivity contribution in [2.45, 2.75) is 19.9 Å². The number of pyridine rings is 2. The van der Waals surface area contributed by atoms with Gasteiger partial charge in [0.05, 0.1) is 6.20 Å². The van der Waals surface area contributed by atoms with Gasteiger partial charge in [-0.2, -0.15) is 0 Å². The van der Waals surface area contributed by atoms with E-state index >= 15 is 0 Å². The molecule has 0 bridgehead atoms. The Balaban J connectivity index is 2.25. The highest BCUT2D eigenvalue weighted by Crippen LogP contribution is 2.25. The molecule has 5 nitrogen and oxygen atoms in total. The van der Waals surface area contributed by atoms with Gasteiger partial charge in [-0.15, -0.1) is 0 Å². The average molecular weight is 254 g/mol. The summed E-state index contributed by atoms with van der Waals surface area (Å²) in [5.74, 6) is 0.930. The fourth-order valence-electron chi connectivity index (χ4n) is 2.16. The zero-order chi connectivity index (χ0) is 13.2. The van der Waals surface area contributed by atoms with Crippen molar-refractivity contribution >= 4 is 11.2 Å². The van der Waals surface area contributed by atoms with E-state index in [1.165, 1.54) is 6.20 Å². The van der Waals surface area contributed by atoms with E-state index in [1.54, 1.807) is 18.5 Å². The average Bonchev–Trinajstić information content (AvgIpc) is 2.79. The van der Waals surface area contributed by atoms with Gasteiger partial charge in [0.1, 0.15) is 17.1 Å². The van der Waals surface area contributed by atoms with E-state index in [1.807, 2.05) is 12.1 Å². The minimum Gasteiger partial charge on any atom is -0.506 e. The molecular weight excluding hydrogens is 240 g/mol. The van der Waals surface area contributed by atoms with Crippen LogP contribution in [0.1, 0.15) is 13.3 Å². The number of fused-ring (bicyclic) bond motifs is 1. The monoisotopic (exact) mass is 254 g/mol. The van der Waals surface area contributed by atoms with Crippen molar-refractivity contribution in [3.8, 4) is 17.1 Å². The van der Waals surface area contributed by atoms with Crippen LogP contribution in [0, 0.1) is 0 Å². The Morgan fingerprint density at radius 1 is 1.32 bits per heavy atom. The number of aryl methyl sites for hydroxylation is 1. The highest BCUT2D eigenvalue weighted by Gasteiger charge is 2.13. The van der Waals surface area contributed by atoms with Crippen LogP contribution >= 0.6 is 0 Å². The Morgan fingerprint density at radius 3 is 3.00 bits per heavy atom. The Kier molecular flexibility index (Phi) is 2.87. The first-order chi connectivity index (χ1) is 9.29. The first-order valence-electron chi connectivity index (χ1n) is 6.25. The number of hydrogen-bond acceptors (Lipinski definition) is 4. The molecule has 3 heterocycles. The van der Waals surface area contributed by atoms with Gasteiger partial charge in [0.25, 0.3) is 0 Å². The Labute approximate surface area is 110 Å². The Hall–Kier alpha value is -2.43. The lowest BCUT2D eigenvalue weighted by Gasteiger charge is -2.06. The van der Waals surface area contributed by atoms with E-state index in [-0.39, 0.29) is 5.75 Å². The van der Waals surface area contributed by atoms with Gasteiger partial charge in [0.15, 0.2) is 5.65 Å². The minimum absolute atomic E-state index is 0.139. The largest absolute Gasteiger partial charge is 0.506 e. The lowest BCUT2D eigenvalue weighted by Crippen LogP contribution is -2.00. The predicted molar refractivity (Wildman–Crippen MR) is 72.7 cm³/mol. The summed E-state index contributed by atoms with van der Waals surface area (Å²) in [4.78, 5) is 13.0. The molecule has 0 radical (unpaired) electrons. The molecule has 0 amide bonds. The molecular formula is C14H14N4O. The van der Waals surface area contributed by atoms with E-state index in [2.05, 4.69) is 26.4 Å². The van der Waals surface area contributed by atoms with Crippen molar-refractivity contribution in [2.75, 3.05) is 0 Å². The van der Waals surface area contributed by atoms with Crippen LogP contribution in [0.2, 0.25) is 0 Å². The second-order valence-electron chi connectivity index (χ2n) is 4.36. The van der Waals surface area contributed by atoms with Gasteiger partial charge < -0.3 is 9.67 Å². The number of rotatable bonds is 3. The zero-order valence-electron chi connectivity index (χ0n) is 10.6. The Morgan fingerprint density at radius 2 is 2.21 bits per heavy atom. The molecule has 0 aliphatic carbocycles. The second-order valence-corrected chi connectivity index (χ2v) is 4.36. The SMILES string of the molecule is CCCn1c(-c2cncc(O)c2)nc2cccnc21. The maximum absolute atomic E-state index is 9.55. The van der Waals surface area contributed by atoms with Crippen molar-refractivity contribution in [1.82, 2.24) is 19.5 Å². The van der Waals surface area contributed by atoms with Crippen LogP contribution < -0.4 is 0 Å². The number of nitrogens with zero attached hydrogens (tertiary/aromatic N) is 4. The smallest absolute Gasteiger partial charge is 0.160 e. The van der Waals surface area contributed by atoms with Gasteiger partial charge in [-0.3, -0.25) is 4.98 Å². The third-order valence-electron chi connectivity index (χ3n) is 2.93. The molecule has 5 heteroatoms. The first kappa shape index (κ1) is 11.6. The van der Waals surface area contributed by atoms with E-state index in [0.717, 1.165) is 35.5 Å². The van der Waals surface area contributed by atoms with Gasteiger partial charge in [0, 0.05) is 24.5 Å². The molecule has 0 saturated carbocycles. The summed E-state index contributed by atoms with van der Waals surface area (Å²) < 4.78 is 2.06.